The van der Waals surface area contributed by atoms with Crippen LogP contribution in [0.2, 0.25) is 10.0 Å². The summed E-state index contributed by atoms with van der Waals surface area (Å²) in [6, 6.07) is 0.584. The number of hydrogen-bond acceptors (Lipinski definition) is 3. The minimum Gasteiger partial charge on any atom is -0.467 e. The van der Waals surface area contributed by atoms with Gasteiger partial charge >= 0.3 is 5.97 Å². The molecule has 0 bridgehead atoms. The monoisotopic (exact) mass is 263 g/mol. The van der Waals surface area contributed by atoms with Crippen LogP contribution in [0, 0.1) is 5.82 Å². The Labute approximate surface area is 101 Å². The van der Waals surface area contributed by atoms with E-state index in [0.29, 0.717) is 17.7 Å². The fourth-order valence-corrected chi connectivity index (χ4v) is 2.19. The minimum atomic E-state index is -0.608. The van der Waals surface area contributed by atoms with Gasteiger partial charge in [-0.15, -0.1) is 0 Å². The van der Waals surface area contributed by atoms with Gasteiger partial charge in [0.05, 0.1) is 17.8 Å². The first kappa shape index (κ1) is 11.5. The SMILES string of the molecule is COC(=O)C1Cc2c(Cl)cc(F)c(Cl)c2N1. The molecule has 1 unspecified atom stereocenters. The number of anilines is 1. The van der Waals surface area contributed by atoms with Crippen LogP contribution in [0.1, 0.15) is 5.56 Å². The van der Waals surface area contributed by atoms with Crippen molar-refractivity contribution in [2.24, 2.45) is 0 Å². The molecule has 3 nitrogen and oxygen atoms in total. The summed E-state index contributed by atoms with van der Waals surface area (Å²) in [5.74, 6) is -1.04. The van der Waals surface area contributed by atoms with Gasteiger partial charge in [0.1, 0.15) is 11.9 Å². The predicted molar refractivity (Wildman–Crippen MR) is 59.6 cm³/mol. The van der Waals surface area contributed by atoms with Crippen LogP contribution in [0.15, 0.2) is 6.07 Å². The Kier molecular flexibility index (Phi) is 2.95. The molecule has 0 fully saturated rings. The molecule has 1 N–H and O–H groups in total. The normalized spacial score (nSPS) is 17.9. The van der Waals surface area contributed by atoms with E-state index in [1.165, 1.54) is 7.11 Å². The van der Waals surface area contributed by atoms with E-state index in [9.17, 15) is 9.18 Å². The fraction of sp³-hybridized carbons (Fsp3) is 0.300. The third-order valence-corrected chi connectivity index (χ3v) is 3.19. The van der Waals surface area contributed by atoms with E-state index in [1.807, 2.05) is 0 Å². The van der Waals surface area contributed by atoms with Crippen molar-refractivity contribution < 1.29 is 13.9 Å². The van der Waals surface area contributed by atoms with Crippen LogP contribution in [0.4, 0.5) is 10.1 Å². The zero-order valence-electron chi connectivity index (χ0n) is 8.31. The molecule has 2 rings (SSSR count). The maximum atomic E-state index is 13.3. The Bertz CT molecular complexity index is 465. The van der Waals surface area contributed by atoms with Gasteiger partial charge in [0, 0.05) is 11.4 Å². The van der Waals surface area contributed by atoms with Crippen molar-refractivity contribution in [2.45, 2.75) is 12.5 Å². The third kappa shape index (κ3) is 1.72. The second-order valence-electron chi connectivity index (χ2n) is 3.43. The van der Waals surface area contributed by atoms with Crippen molar-refractivity contribution in [3.05, 3.63) is 27.5 Å². The number of nitrogens with one attached hydrogen (secondary N) is 1. The molecule has 0 spiro atoms. The highest BCUT2D eigenvalue weighted by Gasteiger charge is 2.31. The van der Waals surface area contributed by atoms with Crippen LogP contribution in [0.5, 0.6) is 0 Å². The molecule has 1 aromatic carbocycles. The van der Waals surface area contributed by atoms with E-state index in [-0.39, 0.29) is 10.0 Å². The van der Waals surface area contributed by atoms with E-state index < -0.39 is 17.8 Å². The number of ether oxygens (including phenoxy) is 1. The largest absolute Gasteiger partial charge is 0.467 e. The first-order valence-corrected chi connectivity index (χ1v) is 5.31. The van der Waals surface area contributed by atoms with Crippen molar-refractivity contribution in [2.75, 3.05) is 12.4 Å². The second kappa shape index (κ2) is 4.11. The van der Waals surface area contributed by atoms with Gasteiger partial charge in [0.25, 0.3) is 0 Å². The van der Waals surface area contributed by atoms with Crippen molar-refractivity contribution >= 4 is 34.9 Å². The first-order chi connectivity index (χ1) is 7.54. The van der Waals surface area contributed by atoms with E-state index in [1.54, 1.807) is 0 Å². The molecule has 16 heavy (non-hydrogen) atoms. The van der Waals surface area contributed by atoms with E-state index >= 15 is 0 Å². The number of halogens is 3. The van der Waals surface area contributed by atoms with Crippen LogP contribution < -0.4 is 5.32 Å². The van der Waals surface area contributed by atoms with Crippen molar-refractivity contribution in [3.63, 3.8) is 0 Å². The molecular formula is C10H8Cl2FNO2. The number of benzene rings is 1. The van der Waals surface area contributed by atoms with Gasteiger partial charge in [-0.05, 0) is 11.6 Å². The third-order valence-electron chi connectivity index (χ3n) is 2.49. The molecule has 1 heterocycles. The van der Waals surface area contributed by atoms with Gasteiger partial charge in [-0.1, -0.05) is 23.2 Å². The van der Waals surface area contributed by atoms with Crippen LogP contribution >= 0.6 is 23.2 Å². The highest BCUT2D eigenvalue weighted by molar-refractivity contribution is 6.36. The summed E-state index contributed by atoms with van der Waals surface area (Å²) in [4.78, 5) is 11.3. The number of methoxy groups -OCH3 is 1. The van der Waals surface area contributed by atoms with E-state index in [4.69, 9.17) is 23.2 Å². The average Bonchev–Trinajstić information content (AvgIpc) is 2.70. The molecular weight excluding hydrogens is 256 g/mol. The van der Waals surface area contributed by atoms with Gasteiger partial charge in [-0.2, -0.15) is 0 Å². The average molecular weight is 264 g/mol. The fourth-order valence-electron chi connectivity index (χ4n) is 1.70. The van der Waals surface area contributed by atoms with Crippen molar-refractivity contribution in [3.8, 4) is 0 Å². The molecule has 1 aliphatic rings. The zero-order chi connectivity index (χ0) is 11.9. The molecule has 0 amide bonds. The smallest absolute Gasteiger partial charge is 0.328 e. The number of rotatable bonds is 1. The number of fused-ring (bicyclic) bond motifs is 1. The number of carbonyl (C=O) groups excluding carboxylic acids is 1. The summed E-state index contributed by atoms with van der Waals surface area (Å²) in [5.41, 5.74) is 1.02. The van der Waals surface area contributed by atoms with E-state index in [2.05, 4.69) is 10.1 Å². The van der Waals surface area contributed by atoms with Crippen molar-refractivity contribution in [1.29, 1.82) is 0 Å². The van der Waals surface area contributed by atoms with E-state index in [0.717, 1.165) is 6.07 Å². The van der Waals surface area contributed by atoms with Crippen molar-refractivity contribution in [1.82, 2.24) is 0 Å². The van der Waals surface area contributed by atoms with Crippen LogP contribution in [0.25, 0.3) is 0 Å². The highest BCUT2D eigenvalue weighted by Crippen LogP contribution is 2.39. The molecule has 0 saturated carbocycles. The molecule has 0 radical (unpaired) electrons. The van der Waals surface area contributed by atoms with Gasteiger partial charge < -0.3 is 10.1 Å². The van der Waals surface area contributed by atoms with Crippen LogP contribution in [0.3, 0.4) is 0 Å². The minimum absolute atomic E-state index is 0.0502. The summed E-state index contributed by atoms with van der Waals surface area (Å²) in [6.07, 6.45) is 0.348. The number of hydrogen-bond donors (Lipinski definition) is 1. The molecule has 1 aromatic rings. The van der Waals surface area contributed by atoms with Gasteiger partial charge in [0.15, 0.2) is 0 Å². The molecule has 0 aromatic heterocycles. The molecule has 1 aliphatic heterocycles. The zero-order valence-corrected chi connectivity index (χ0v) is 9.82. The topological polar surface area (TPSA) is 38.3 Å². The highest BCUT2D eigenvalue weighted by atomic mass is 35.5. The molecule has 0 aliphatic carbocycles. The molecule has 0 saturated heterocycles. The predicted octanol–water partition coefficient (Wildman–Crippen LogP) is 2.64. The maximum absolute atomic E-state index is 13.3. The lowest BCUT2D eigenvalue weighted by atomic mass is 10.1. The van der Waals surface area contributed by atoms with Crippen LogP contribution in [-0.2, 0) is 16.0 Å². The Morgan fingerprint density at radius 2 is 2.31 bits per heavy atom. The van der Waals surface area contributed by atoms with Gasteiger partial charge in [-0.25, -0.2) is 9.18 Å². The molecule has 86 valence electrons. The Hall–Kier alpha value is -1.00. The standard InChI is InChI=1S/C10H8Cl2FNO2/c1-16-10(15)7-2-4-5(11)3-6(13)8(12)9(4)14-7/h3,7,14H,2H2,1H3. The lowest BCUT2D eigenvalue weighted by Gasteiger charge is -2.08. The summed E-state index contributed by atoms with van der Waals surface area (Å²) < 4.78 is 17.9. The van der Waals surface area contributed by atoms with Crippen LogP contribution in [-0.4, -0.2) is 19.1 Å². The second-order valence-corrected chi connectivity index (χ2v) is 4.22. The lowest BCUT2D eigenvalue weighted by molar-refractivity contribution is -0.141. The summed E-state index contributed by atoms with van der Waals surface area (Å²) in [6.45, 7) is 0. The quantitative estimate of drug-likeness (QED) is 0.626. The first-order valence-electron chi connectivity index (χ1n) is 4.55. The summed E-state index contributed by atoms with van der Waals surface area (Å²) >= 11 is 11.6. The Balaban J connectivity index is 2.41. The molecule has 1 atom stereocenters. The summed E-state index contributed by atoms with van der Waals surface area (Å²) in [7, 11) is 1.29. The Morgan fingerprint density at radius 3 is 2.94 bits per heavy atom. The van der Waals surface area contributed by atoms with Gasteiger partial charge in [0.2, 0.25) is 0 Å². The summed E-state index contributed by atoms with van der Waals surface area (Å²) in [5, 5.41) is 3.01. The number of esters is 1. The van der Waals surface area contributed by atoms with Gasteiger partial charge in [-0.3, -0.25) is 0 Å². The lowest BCUT2D eigenvalue weighted by Crippen LogP contribution is -2.28. The molecule has 6 heteroatoms. The Morgan fingerprint density at radius 1 is 1.62 bits per heavy atom. The number of carbonyl (C=O) groups is 1. The maximum Gasteiger partial charge on any atom is 0.328 e.